The van der Waals surface area contributed by atoms with Crippen molar-refractivity contribution in [2.24, 2.45) is 7.05 Å². The molecule has 1 aliphatic rings. The van der Waals surface area contributed by atoms with Gasteiger partial charge in [-0.3, -0.25) is 19.8 Å². The van der Waals surface area contributed by atoms with Gasteiger partial charge in [-0.2, -0.15) is 5.10 Å². The van der Waals surface area contributed by atoms with E-state index in [0.717, 1.165) is 18.8 Å². The Morgan fingerprint density at radius 1 is 1.05 bits per heavy atom. The Morgan fingerprint density at radius 3 is 2.52 bits per heavy atom. The number of carbonyl (C=O) groups excluding carboxylic acids is 2. The van der Waals surface area contributed by atoms with Gasteiger partial charge in [0, 0.05) is 64.1 Å². The van der Waals surface area contributed by atoms with Gasteiger partial charge < -0.3 is 19.9 Å². The fourth-order valence-corrected chi connectivity index (χ4v) is 5.80. The van der Waals surface area contributed by atoms with E-state index in [1.807, 2.05) is 37.3 Å². The zero-order chi connectivity index (χ0) is 31.4. The molecule has 11 nitrogen and oxygen atoms in total. The number of carbonyl (C=O) groups is 2. The van der Waals surface area contributed by atoms with Crippen LogP contribution in [0.2, 0.25) is 0 Å². The molecule has 5 rings (SSSR count). The molecule has 44 heavy (non-hydrogen) atoms. The molecule has 11 heteroatoms. The topological polar surface area (TPSA) is 123 Å². The van der Waals surface area contributed by atoms with E-state index in [0.29, 0.717) is 35.8 Å². The van der Waals surface area contributed by atoms with E-state index < -0.39 is 11.5 Å². The molecule has 3 N–H and O–H groups in total. The molecule has 1 fully saturated rings. The molecule has 2 aromatic carbocycles. The van der Waals surface area contributed by atoms with Crippen molar-refractivity contribution in [1.29, 1.82) is 0 Å². The second-order valence-electron chi connectivity index (χ2n) is 11.2. The maximum atomic E-state index is 13.7. The highest BCUT2D eigenvalue weighted by molar-refractivity contribution is 5.95. The summed E-state index contributed by atoms with van der Waals surface area (Å²) in [5, 5.41) is 13.7. The Hall–Kier alpha value is -4.74. The average Bonchev–Trinajstić information content (AvgIpc) is 3.57. The Bertz CT molecular complexity index is 1710. The van der Waals surface area contributed by atoms with Crippen LogP contribution in [0.15, 0.2) is 71.7 Å². The number of nitrogens with one attached hydrogen (secondary N) is 3. The lowest BCUT2D eigenvalue weighted by molar-refractivity contribution is 0.0961. The zero-order valence-corrected chi connectivity index (χ0v) is 25.8. The van der Waals surface area contributed by atoms with Crippen molar-refractivity contribution in [3.63, 3.8) is 0 Å². The number of pyridine rings is 1. The van der Waals surface area contributed by atoms with Crippen molar-refractivity contribution < 1.29 is 14.3 Å². The van der Waals surface area contributed by atoms with Gasteiger partial charge in [-0.1, -0.05) is 48.0 Å². The summed E-state index contributed by atoms with van der Waals surface area (Å²) in [6.07, 6.45) is 1.64. The normalized spacial score (nSPS) is 16.6. The number of methoxy groups -OCH3 is 1. The highest BCUT2D eigenvalue weighted by atomic mass is 16.5. The Balaban J connectivity index is 1.48. The number of anilines is 1. The largest absolute Gasteiger partial charge is 0.383 e. The molecule has 2 aromatic heterocycles. The first-order valence-electron chi connectivity index (χ1n) is 14.6. The average molecular weight is 598 g/mol. The number of aromatic nitrogens is 3. The molecule has 0 radical (unpaired) electrons. The van der Waals surface area contributed by atoms with Gasteiger partial charge in [0.05, 0.1) is 24.0 Å². The highest BCUT2D eigenvalue weighted by Gasteiger charge is 2.35. The van der Waals surface area contributed by atoms with Crippen molar-refractivity contribution >= 4 is 17.8 Å². The van der Waals surface area contributed by atoms with Crippen LogP contribution in [0.3, 0.4) is 0 Å². The van der Waals surface area contributed by atoms with Crippen molar-refractivity contribution in [3.8, 4) is 16.9 Å². The van der Waals surface area contributed by atoms with Gasteiger partial charge in [-0.15, -0.1) is 0 Å². The molecule has 1 saturated heterocycles. The van der Waals surface area contributed by atoms with Gasteiger partial charge in [0.15, 0.2) is 0 Å². The molecule has 0 unspecified atom stereocenters. The summed E-state index contributed by atoms with van der Waals surface area (Å²) in [7, 11) is 4.77. The van der Waals surface area contributed by atoms with E-state index in [9.17, 15) is 14.4 Å². The first kappa shape index (κ1) is 30.7. The lowest BCUT2D eigenvalue weighted by Crippen LogP contribution is -2.42. The minimum Gasteiger partial charge on any atom is -0.383 e. The van der Waals surface area contributed by atoms with Crippen LogP contribution in [-0.4, -0.2) is 77.6 Å². The molecule has 1 aliphatic heterocycles. The molecular formula is C33H39N7O4. The number of hydrogen-bond acceptors (Lipinski definition) is 6. The summed E-state index contributed by atoms with van der Waals surface area (Å²) in [5.74, 6) is 0.118. The number of para-hydroxylation sites is 1. The Labute approximate surface area is 256 Å². The van der Waals surface area contributed by atoms with E-state index in [4.69, 9.17) is 9.84 Å². The number of likely N-dealkylation sites (tertiary alicyclic amines) is 1. The number of aryl methyl sites for hydroxylation is 2. The van der Waals surface area contributed by atoms with Crippen LogP contribution in [0.1, 0.15) is 33.0 Å². The summed E-state index contributed by atoms with van der Waals surface area (Å²) >= 11 is 0. The molecule has 0 bridgehead atoms. The Kier molecular flexibility index (Phi) is 9.26. The lowest BCUT2D eigenvalue weighted by Gasteiger charge is -2.21. The lowest BCUT2D eigenvalue weighted by atomic mass is 9.93. The van der Waals surface area contributed by atoms with E-state index in [1.165, 1.54) is 28.8 Å². The second-order valence-corrected chi connectivity index (χ2v) is 11.2. The first-order chi connectivity index (χ1) is 21.2. The number of amides is 3. The van der Waals surface area contributed by atoms with Gasteiger partial charge >= 0.3 is 6.03 Å². The molecule has 4 aromatic rings. The summed E-state index contributed by atoms with van der Waals surface area (Å²) in [5.41, 5.74) is 4.50. The maximum absolute atomic E-state index is 13.7. The van der Waals surface area contributed by atoms with Crippen LogP contribution >= 0.6 is 0 Å². The predicted molar refractivity (Wildman–Crippen MR) is 171 cm³/mol. The van der Waals surface area contributed by atoms with Crippen molar-refractivity contribution in [2.45, 2.75) is 25.8 Å². The fourth-order valence-electron chi connectivity index (χ4n) is 5.80. The summed E-state index contributed by atoms with van der Waals surface area (Å²) in [6.45, 7) is 6.83. The zero-order valence-electron chi connectivity index (χ0n) is 25.8. The molecule has 0 aliphatic carbocycles. The van der Waals surface area contributed by atoms with Crippen LogP contribution in [0, 0.1) is 13.8 Å². The number of benzene rings is 2. The van der Waals surface area contributed by atoms with Crippen molar-refractivity contribution in [3.05, 3.63) is 99.5 Å². The number of ether oxygens (including phenoxy) is 1. The van der Waals surface area contributed by atoms with E-state index in [-0.39, 0.29) is 23.6 Å². The third-order valence-electron chi connectivity index (χ3n) is 8.08. The van der Waals surface area contributed by atoms with Crippen LogP contribution in [0.25, 0.3) is 16.9 Å². The second kappa shape index (κ2) is 13.3. The molecule has 2 atom stereocenters. The van der Waals surface area contributed by atoms with Gasteiger partial charge in [0.25, 0.3) is 11.5 Å². The Morgan fingerprint density at radius 2 is 1.82 bits per heavy atom. The van der Waals surface area contributed by atoms with Gasteiger partial charge in [0.1, 0.15) is 11.4 Å². The number of urea groups is 1. The first-order valence-corrected chi connectivity index (χ1v) is 14.6. The van der Waals surface area contributed by atoms with Gasteiger partial charge in [0.2, 0.25) is 0 Å². The van der Waals surface area contributed by atoms with Crippen LogP contribution in [0.5, 0.6) is 0 Å². The molecule has 0 saturated carbocycles. The van der Waals surface area contributed by atoms with Crippen LogP contribution in [0.4, 0.5) is 10.6 Å². The number of nitrogens with zero attached hydrogens (tertiary/aromatic N) is 4. The summed E-state index contributed by atoms with van der Waals surface area (Å²) < 4.78 is 8.35. The van der Waals surface area contributed by atoms with E-state index in [1.54, 1.807) is 25.0 Å². The number of rotatable bonds is 9. The van der Waals surface area contributed by atoms with E-state index in [2.05, 4.69) is 52.0 Å². The van der Waals surface area contributed by atoms with Gasteiger partial charge in [-0.05, 0) is 37.6 Å². The van der Waals surface area contributed by atoms with Crippen LogP contribution < -0.4 is 21.5 Å². The minimum absolute atomic E-state index is 0.00913. The minimum atomic E-state index is -0.482. The predicted octanol–water partition coefficient (Wildman–Crippen LogP) is 3.45. The highest BCUT2D eigenvalue weighted by Crippen LogP contribution is 2.32. The third-order valence-corrected chi connectivity index (χ3v) is 8.08. The summed E-state index contributed by atoms with van der Waals surface area (Å²) in [6, 6.07) is 19.0. The molecule has 3 amide bonds. The van der Waals surface area contributed by atoms with Crippen molar-refractivity contribution in [2.75, 3.05) is 45.7 Å². The SMILES string of the molecule is CNC(=O)c1cc(-c2nn(-c3ccccc3)c(NC(=O)N[C@@H]3CN(CCOC)C[C@H]3c3cccc(C)c3)c2C)cn(C)c1=O. The van der Waals surface area contributed by atoms with Crippen LogP contribution in [-0.2, 0) is 11.8 Å². The van der Waals surface area contributed by atoms with Crippen molar-refractivity contribution in [1.82, 2.24) is 29.9 Å². The molecule has 0 spiro atoms. The number of hydrogen-bond donors (Lipinski definition) is 3. The van der Waals surface area contributed by atoms with Gasteiger partial charge in [-0.25, -0.2) is 9.48 Å². The third kappa shape index (κ3) is 6.43. The molecule has 230 valence electrons. The fraction of sp³-hybridized carbons (Fsp3) is 0.333. The monoisotopic (exact) mass is 597 g/mol. The molecule has 3 heterocycles. The van der Waals surface area contributed by atoms with E-state index >= 15 is 0 Å². The maximum Gasteiger partial charge on any atom is 0.320 e. The molecular weight excluding hydrogens is 558 g/mol. The summed E-state index contributed by atoms with van der Waals surface area (Å²) in [4.78, 5) is 41.1. The standard InChI is InChI=1S/C33H39N7O4/c1-21-10-9-11-23(16-21)27-19-39(14-15-44-5)20-28(27)35-33(43)36-30-22(2)29(37-40(30)25-12-7-6-8-13-25)24-17-26(31(41)34-3)32(42)38(4)18-24/h6-13,16-18,27-28H,14-15,19-20H2,1-5H3,(H,34,41)(H2,35,36,43)/t27-,28+/m0/s1. The quantitative estimate of drug-likeness (QED) is 0.272. The smallest absolute Gasteiger partial charge is 0.320 e.